The van der Waals surface area contributed by atoms with E-state index in [1.807, 2.05) is 35.2 Å². The molecule has 0 N–H and O–H groups in total. The van der Waals surface area contributed by atoms with Gasteiger partial charge >= 0.3 is 0 Å². The standard InChI is InChI=1S/C22H21N3OS/c1-15-13-16-7-2-4-9-18(16)25(15)14-21(26)24-12-6-10-19(24)22-23-17-8-3-5-11-20(17)27-22/h2-5,7-9,11,13,19H,6,10,12,14H2,1H3. The summed E-state index contributed by atoms with van der Waals surface area (Å²) in [6.45, 7) is 3.28. The summed E-state index contributed by atoms with van der Waals surface area (Å²) in [5, 5.41) is 2.25. The molecule has 1 aliphatic rings. The van der Waals surface area contributed by atoms with Crippen molar-refractivity contribution in [1.29, 1.82) is 0 Å². The van der Waals surface area contributed by atoms with Crippen LogP contribution >= 0.6 is 11.3 Å². The molecule has 0 saturated carbocycles. The molecule has 1 atom stereocenters. The summed E-state index contributed by atoms with van der Waals surface area (Å²) in [6.07, 6.45) is 2.04. The molecule has 3 heterocycles. The Kier molecular flexibility index (Phi) is 3.97. The van der Waals surface area contributed by atoms with Crippen molar-refractivity contribution in [2.45, 2.75) is 32.4 Å². The van der Waals surface area contributed by atoms with Gasteiger partial charge in [-0.25, -0.2) is 4.98 Å². The summed E-state index contributed by atoms with van der Waals surface area (Å²) < 4.78 is 3.32. The van der Waals surface area contributed by atoms with Gasteiger partial charge in [0, 0.05) is 17.8 Å². The summed E-state index contributed by atoms with van der Waals surface area (Å²) in [5.74, 6) is 0.182. The van der Waals surface area contributed by atoms with Gasteiger partial charge in [-0.2, -0.15) is 0 Å². The van der Waals surface area contributed by atoms with Crippen molar-refractivity contribution in [3.63, 3.8) is 0 Å². The Balaban J connectivity index is 1.44. The smallest absolute Gasteiger partial charge is 0.243 e. The number of para-hydroxylation sites is 2. The fourth-order valence-corrected chi connectivity index (χ4v) is 5.25. The molecule has 0 bridgehead atoms. The van der Waals surface area contributed by atoms with Crippen molar-refractivity contribution in [1.82, 2.24) is 14.5 Å². The number of thiazole rings is 1. The van der Waals surface area contributed by atoms with E-state index in [9.17, 15) is 4.79 Å². The van der Waals surface area contributed by atoms with Gasteiger partial charge in [0.25, 0.3) is 0 Å². The number of carbonyl (C=O) groups is 1. The van der Waals surface area contributed by atoms with Gasteiger partial charge in [0.1, 0.15) is 11.6 Å². The SMILES string of the molecule is Cc1cc2ccccc2n1CC(=O)N1CCCC1c1nc2ccccc2s1. The van der Waals surface area contributed by atoms with E-state index >= 15 is 0 Å². The second-order valence-corrected chi connectivity index (χ2v) is 8.26. The predicted octanol–water partition coefficient (Wildman–Crippen LogP) is 4.92. The highest BCUT2D eigenvalue weighted by atomic mass is 32.1. The Morgan fingerprint density at radius 2 is 2.00 bits per heavy atom. The molecular weight excluding hydrogens is 354 g/mol. The molecule has 1 unspecified atom stereocenters. The lowest BCUT2D eigenvalue weighted by Gasteiger charge is -2.24. The molecular formula is C22H21N3OS. The van der Waals surface area contributed by atoms with Gasteiger partial charge in [-0.15, -0.1) is 11.3 Å². The lowest BCUT2D eigenvalue weighted by atomic mass is 10.2. The molecule has 2 aromatic heterocycles. The van der Waals surface area contributed by atoms with E-state index in [0.717, 1.165) is 41.1 Å². The number of carbonyl (C=O) groups excluding carboxylic acids is 1. The summed E-state index contributed by atoms with van der Waals surface area (Å²) in [5.41, 5.74) is 3.28. The van der Waals surface area contributed by atoms with Crippen LogP contribution in [0, 0.1) is 6.92 Å². The van der Waals surface area contributed by atoms with E-state index in [1.54, 1.807) is 11.3 Å². The first-order chi connectivity index (χ1) is 13.2. The minimum atomic E-state index is 0.108. The van der Waals surface area contributed by atoms with Crippen molar-refractivity contribution < 1.29 is 4.79 Å². The van der Waals surface area contributed by atoms with E-state index in [1.165, 1.54) is 10.1 Å². The first kappa shape index (κ1) is 16.5. The van der Waals surface area contributed by atoms with Crippen LogP contribution in [0.5, 0.6) is 0 Å². The molecule has 1 amide bonds. The maximum atomic E-state index is 13.2. The van der Waals surface area contributed by atoms with Gasteiger partial charge < -0.3 is 9.47 Å². The second kappa shape index (κ2) is 6.50. The fourth-order valence-electron chi connectivity index (χ4n) is 4.14. The molecule has 1 fully saturated rings. The van der Waals surface area contributed by atoms with Gasteiger partial charge in [0.15, 0.2) is 0 Å². The maximum Gasteiger partial charge on any atom is 0.243 e. The molecule has 0 radical (unpaired) electrons. The number of fused-ring (bicyclic) bond motifs is 2. The number of aromatic nitrogens is 2. The lowest BCUT2D eigenvalue weighted by Crippen LogP contribution is -2.33. The highest BCUT2D eigenvalue weighted by Gasteiger charge is 2.32. The number of benzene rings is 2. The van der Waals surface area contributed by atoms with Gasteiger partial charge in [0.2, 0.25) is 5.91 Å². The number of hydrogen-bond acceptors (Lipinski definition) is 3. The van der Waals surface area contributed by atoms with Crippen LogP contribution in [0.2, 0.25) is 0 Å². The van der Waals surface area contributed by atoms with Crippen LogP contribution in [-0.4, -0.2) is 26.9 Å². The summed E-state index contributed by atoms with van der Waals surface area (Å²) >= 11 is 1.72. The first-order valence-corrected chi connectivity index (χ1v) is 10.2. The summed E-state index contributed by atoms with van der Waals surface area (Å²) in [4.78, 5) is 20.0. The zero-order valence-electron chi connectivity index (χ0n) is 15.3. The average Bonchev–Trinajstić information content (AvgIpc) is 3.38. The maximum absolute atomic E-state index is 13.2. The highest BCUT2D eigenvalue weighted by Crippen LogP contribution is 2.36. The fraction of sp³-hybridized carbons (Fsp3) is 0.273. The van der Waals surface area contributed by atoms with E-state index in [-0.39, 0.29) is 11.9 Å². The van der Waals surface area contributed by atoms with E-state index in [4.69, 9.17) is 4.98 Å². The number of likely N-dealkylation sites (tertiary alicyclic amines) is 1. The first-order valence-electron chi connectivity index (χ1n) is 9.40. The molecule has 136 valence electrons. The predicted molar refractivity (Wildman–Crippen MR) is 110 cm³/mol. The van der Waals surface area contributed by atoms with Crippen LogP contribution in [0.15, 0.2) is 54.6 Å². The van der Waals surface area contributed by atoms with Gasteiger partial charge in [0.05, 0.1) is 16.3 Å². The Morgan fingerprint density at radius 1 is 1.19 bits per heavy atom. The topological polar surface area (TPSA) is 38.1 Å². The van der Waals surface area contributed by atoms with Crippen LogP contribution in [0.3, 0.4) is 0 Å². The normalized spacial score (nSPS) is 17.2. The quantitative estimate of drug-likeness (QED) is 0.510. The van der Waals surface area contributed by atoms with Crippen LogP contribution in [0.4, 0.5) is 0 Å². The third kappa shape index (κ3) is 2.82. The van der Waals surface area contributed by atoms with Gasteiger partial charge in [-0.1, -0.05) is 30.3 Å². The second-order valence-electron chi connectivity index (χ2n) is 7.20. The van der Waals surface area contributed by atoms with Crippen molar-refractivity contribution >= 4 is 38.4 Å². The number of rotatable bonds is 3. The summed E-state index contributed by atoms with van der Waals surface area (Å²) in [7, 11) is 0. The Hall–Kier alpha value is -2.66. The minimum Gasteiger partial charge on any atom is -0.335 e. The zero-order chi connectivity index (χ0) is 18.4. The molecule has 0 aliphatic carbocycles. The number of nitrogens with zero attached hydrogens (tertiary/aromatic N) is 3. The average molecular weight is 375 g/mol. The molecule has 27 heavy (non-hydrogen) atoms. The van der Waals surface area contributed by atoms with Crippen LogP contribution < -0.4 is 0 Å². The number of amides is 1. The van der Waals surface area contributed by atoms with Crippen LogP contribution in [-0.2, 0) is 11.3 Å². The Bertz CT molecular complexity index is 1110. The third-order valence-corrected chi connectivity index (χ3v) is 6.62. The Morgan fingerprint density at radius 3 is 2.89 bits per heavy atom. The molecule has 1 aliphatic heterocycles. The highest BCUT2D eigenvalue weighted by molar-refractivity contribution is 7.18. The van der Waals surface area contributed by atoms with E-state index in [2.05, 4.69) is 35.8 Å². The lowest BCUT2D eigenvalue weighted by molar-refractivity contribution is -0.132. The minimum absolute atomic E-state index is 0.108. The van der Waals surface area contributed by atoms with Crippen molar-refractivity contribution in [3.05, 3.63) is 65.3 Å². The molecule has 5 heteroatoms. The number of aryl methyl sites for hydroxylation is 1. The van der Waals surface area contributed by atoms with Crippen LogP contribution in [0.1, 0.15) is 29.6 Å². The Labute approximate surface area is 162 Å². The van der Waals surface area contributed by atoms with Gasteiger partial charge in [-0.3, -0.25) is 4.79 Å². The van der Waals surface area contributed by atoms with E-state index < -0.39 is 0 Å². The van der Waals surface area contributed by atoms with E-state index in [0.29, 0.717) is 6.54 Å². The van der Waals surface area contributed by atoms with Crippen LogP contribution in [0.25, 0.3) is 21.1 Å². The monoisotopic (exact) mass is 375 g/mol. The third-order valence-electron chi connectivity index (χ3n) is 5.48. The van der Waals surface area contributed by atoms with Crippen molar-refractivity contribution in [3.8, 4) is 0 Å². The number of hydrogen-bond donors (Lipinski definition) is 0. The zero-order valence-corrected chi connectivity index (χ0v) is 16.1. The molecule has 4 nitrogen and oxygen atoms in total. The molecule has 5 rings (SSSR count). The van der Waals surface area contributed by atoms with Crippen molar-refractivity contribution in [2.24, 2.45) is 0 Å². The molecule has 4 aromatic rings. The van der Waals surface area contributed by atoms with Gasteiger partial charge in [-0.05, 0) is 49.4 Å². The molecule has 1 saturated heterocycles. The summed E-state index contributed by atoms with van der Waals surface area (Å²) in [6, 6.07) is 18.7. The molecule has 2 aromatic carbocycles. The van der Waals surface area contributed by atoms with Crippen molar-refractivity contribution in [2.75, 3.05) is 6.54 Å². The largest absolute Gasteiger partial charge is 0.335 e. The molecule has 0 spiro atoms.